The zero-order chi connectivity index (χ0) is 18.9. The molecule has 0 aromatic heterocycles. The van der Waals surface area contributed by atoms with Gasteiger partial charge in [-0.05, 0) is 43.9 Å². The Labute approximate surface area is 156 Å². The zero-order valence-corrected chi connectivity index (χ0v) is 15.9. The predicted molar refractivity (Wildman–Crippen MR) is 106 cm³/mol. The van der Waals surface area contributed by atoms with Gasteiger partial charge in [0, 0.05) is 32.1 Å². The van der Waals surface area contributed by atoms with E-state index in [2.05, 4.69) is 17.4 Å². The fourth-order valence-electron chi connectivity index (χ4n) is 2.95. The molecule has 0 unspecified atom stereocenters. The van der Waals surface area contributed by atoms with E-state index in [9.17, 15) is 9.59 Å². The van der Waals surface area contributed by atoms with E-state index in [0.29, 0.717) is 19.5 Å². The molecule has 2 aromatic carbocycles. The van der Waals surface area contributed by atoms with Crippen molar-refractivity contribution in [1.82, 2.24) is 4.90 Å². The monoisotopic (exact) mass is 352 g/mol. The van der Waals surface area contributed by atoms with Crippen LogP contribution in [0.4, 0.5) is 5.69 Å². The maximum Gasteiger partial charge on any atom is 0.226 e. The highest BCUT2D eigenvalue weighted by molar-refractivity contribution is 5.91. The van der Waals surface area contributed by atoms with Gasteiger partial charge in [0.25, 0.3) is 0 Å². The van der Waals surface area contributed by atoms with E-state index < -0.39 is 0 Å². The van der Waals surface area contributed by atoms with Crippen LogP contribution in [-0.2, 0) is 16.0 Å². The third-order valence-electron chi connectivity index (χ3n) is 4.45. The summed E-state index contributed by atoms with van der Waals surface area (Å²) in [5, 5.41) is 2.94. The van der Waals surface area contributed by atoms with Gasteiger partial charge in [0.2, 0.25) is 11.8 Å². The lowest BCUT2D eigenvalue weighted by Gasteiger charge is -2.21. The summed E-state index contributed by atoms with van der Waals surface area (Å²) in [6.45, 7) is 6.68. The summed E-state index contributed by atoms with van der Waals surface area (Å²) in [5.74, 6) is -0.0522. The van der Waals surface area contributed by atoms with E-state index in [1.54, 1.807) is 11.8 Å². The first-order chi connectivity index (χ1) is 12.5. The predicted octanol–water partition coefficient (Wildman–Crippen LogP) is 4.11. The number of anilines is 1. The summed E-state index contributed by atoms with van der Waals surface area (Å²) < 4.78 is 0. The molecule has 2 rings (SSSR count). The topological polar surface area (TPSA) is 49.4 Å². The molecule has 1 N–H and O–H groups in total. The molecule has 138 valence electrons. The summed E-state index contributed by atoms with van der Waals surface area (Å²) in [6, 6.07) is 16.2. The van der Waals surface area contributed by atoms with E-state index in [4.69, 9.17) is 0 Å². The SMILES string of the molecule is CC(=O)N(CCCc1ccccc1)CCC(=O)Nc1ccc(C)cc1C. The maximum absolute atomic E-state index is 12.2. The van der Waals surface area contributed by atoms with Crippen molar-refractivity contribution in [3.05, 3.63) is 65.2 Å². The minimum Gasteiger partial charge on any atom is -0.342 e. The Kier molecular flexibility index (Phi) is 7.39. The lowest BCUT2D eigenvalue weighted by Crippen LogP contribution is -2.33. The smallest absolute Gasteiger partial charge is 0.226 e. The standard InChI is InChI=1S/C22H28N2O2/c1-17-11-12-21(18(2)16-17)23-22(26)13-15-24(19(3)25)14-7-10-20-8-5-4-6-9-20/h4-6,8-9,11-12,16H,7,10,13-15H2,1-3H3,(H,23,26). The molecular formula is C22H28N2O2. The van der Waals surface area contributed by atoms with Gasteiger partial charge < -0.3 is 10.2 Å². The number of benzene rings is 2. The molecule has 0 saturated carbocycles. The quantitative estimate of drug-likeness (QED) is 0.777. The van der Waals surface area contributed by atoms with Crippen molar-refractivity contribution < 1.29 is 9.59 Å². The van der Waals surface area contributed by atoms with Crippen LogP contribution in [0.5, 0.6) is 0 Å². The van der Waals surface area contributed by atoms with Gasteiger partial charge in [0.1, 0.15) is 0 Å². The van der Waals surface area contributed by atoms with Crippen molar-refractivity contribution in [2.75, 3.05) is 18.4 Å². The highest BCUT2D eigenvalue weighted by Gasteiger charge is 2.12. The van der Waals surface area contributed by atoms with Crippen molar-refractivity contribution in [2.45, 2.75) is 40.0 Å². The second kappa shape index (κ2) is 9.76. The van der Waals surface area contributed by atoms with Crippen LogP contribution >= 0.6 is 0 Å². The second-order valence-electron chi connectivity index (χ2n) is 6.71. The normalized spacial score (nSPS) is 10.4. The first kappa shape index (κ1) is 19.7. The molecule has 0 bridgehead atoms. The van der Waals surface area contributed by atoms with Gasteiger partial charge in [-0.1, -0.05) is 48.0 Å². The largest absolute Gasteiger partial charge is 0.342 e. The molecule has 4 heteroatoms. The Morgan fingerprint density at radius 1 is 1.00 bits per heavy atom. The second-order valence-corrected chi connectivity index (χ2v) is 6.71. The molecule has 4 nitrogen and oxygen atoms in total. The number of hydrogen-bond acceptors (Lipinski definition) is 2. The van der Waals surface area contributed by atoms with E-state index >= 15 is 0 Å². The van der Waals surface area contributed by atoms with Crippen LogP contribution in [0, 0.1) is 13.8 Å². The van der Waals surface area contributed by atoms with Crippen LogP contribution in [-0.4, -0.2) is 29.8 Å². The van der Waals surface area contributed by atoms with Gasteiger partial charge >= 0.3 is 0 Å². The van der Waals surface area contributed by atoms with E-state index in [1.165, 1.54) is 11.1 Å². The number of carbonyl (C=O) groups is 2. The van der Waals surface area contributed by atoms with Gasteiger partial charge in [-0.15, -0.1) is 0 Å². The summed E-state index contributed by atoms with van der Waals surface area (Å²) in [4.78, 5) is 25.8. The van der Waals surface area contributed by atoms with Crippen LogP contribution in [0.25, 0.3) is 0 Å². The number of hydrogen-bond donors (Lipinski definition) is 1. The number of nitrogens with zero attached hydrogens (tertiary/aromatic N) is 1. The van der Waals surface area contributed by atoms with Gasteiger partial charge in [-0.3, -0.25) is 9.59 Å². The molecule has 2 amide bonds. The number of carbonyl (C=O) groups excluding carboxylic acids is 2. The Hall–Kier alpha value is -2.62. The van der Waals surface area contributed by atoms with Crippen molar-refractivity contribution in [3.63, 3.8) is 0 Å². The highest BCUT2D eigenvalue weighted by atomic mass is 16.2. The lowest BCUT2D eigenvalue weighted by atomic mass is 10.1. The van der Waals surface area contributed by atoms with Crippen molar-refractivity contribution >= 4 is 17.5 Å². The molecule has 0 aliphatic carbocycles. The Balaban J connectivity index is 1.79. The van der Waals surface area contributed by atoms with Crippen LogP contribution in [0.3, 0.4) is 0 Å². The molecule has 0 fully saturated rings. The van der Waals surface area contributed by atoms with E-state index in [0.717, 1.165) is 24.1 Å². The van der Waals surface area contributed by atoms with Gasteiger partial charge in [-0.2, -0.15) is 0 Å². The highest BCUT2D eigenvalue weighted by Crippen LogP contribution is 2.16. The van der Waals surface area contributed by atoms with E-state index in [1.807, 2.05) is 50.2 Å². The molecule has 0 saturated heterocycles. The number of nitrogens with one attached hydrogen (secondary N) is 1. The van der Waals surface area contributed by atoms with Crippen LogP contribution in [0.2, 0.25) is 0 Å². The number of aryl methyl sites for hydroxylation is 3. The number of amides is 2. The van der Waals surface area contributed by atoms with Gasteiger partial charge in [0.05, 0.1) is 0 Å². The molecule has 0 aliphatic rings. The van der Waals surface area contributed by atoms with Crippen LogP contribution < -0.4 is 5.32 Å². The maximum atomic E-state index is 12.2. The minimum atomic E-state index is -0.0636. The molecule has 0 atom stereocenters. The van der Waals surface area contributed by atoms with Crippen molar-refractivity contribution in [3.8, 4) is 0 Å². The molecular weight excluding hydrogens is 324 g/mol. The summed E-state index contributed by atoms with van der Waals surface area (Å²) in [5.41, 5.74) is 4.31. The van der Waals surface area contributed by atoms with Crippen molar-refractivity contribution in [1.29, 1.82) is 0 Å². The fourth-order valence-corrected chi connectivity index (χ4v) is 2.95. The first-order valence-corrected chi connectivity index (χ1v) is 9.12. The van der Waals surface area contributed by atoms with Gasteiger partial charge in [-0.25, -0.2) is 0 Å². The zero-order valence-electron chi connectivity index (χ0n) is 15.9. The van der Waals surface area contributed by atoms with Crippen LogP contribution in [0.1, 0.15) is 36.5 Å². The lowest BCUT2D eigenvalue weighted by molar-refractivity contribution is -0.129. The average Bonchev–Trinajstić information content (AvgIpc) is 2.61. The summed E-state index contributed by atoms with van der Waals surface area (Å²) in [7, 11) is 0. The van der Waals surface area contributed by atoms with E-state index in [-0.39, 0.29) is 11.8 Å². The third kappa shape index (κ3) is 6.36. The summed E-state index contributed by atoms with van der Waals surface area (Å²) >= 11 is 0. The molecule has 0 radical (unpaired) electrons. The Bertz CT molecular complexity index is 741. The fraction of sp³-hybridized carbons (Fsp3) is 0.364. The molecule has 0 aliphatic heterocycles. The first-order valence-electron chi connectivity index (χ1n) is 9.12. The summed E-state index contributed by atoms with van der Waals surface area (Å²) in [6.07, 6.45) is 2.12. The average molecular weight is 352 g/mol. The molecule has 0 spiro atoms. The third-order valence-corrected chi connectivity index (χ3v) is 4.45. The van der Waals surface area contributed by atoms with Crippen LogP contribution in [0.15, 0.2) is 48.5 Å². The molecule has 26 heavy (non-hydrogen) atoms. The van der Waals surface area contributed by atoms with Crippen molar-refractivity contribution in [2.24, 2.45) is 0 Å². The Morgan fingerprint density at radius 3 is 2.38 bits per heavy atom. The number of rotatable bonds is 8. The minimum absolute atomic E-state index is 0.0115. The Morgan fingerprint density at radius 2 is 1.73 bits per heavy atom. The molecule has 2 aromatic rings. The van der Waals surface area contributed by atoms with Gasteiger partial charge in [0.15, 0.2) is 0 Å². The molecule has 0 heterocycles.